The number of nitrogens with zero attached hydrogens (tertiary/aromatic N) is 1. The van der Waals surface area contributed by atoms with E-state index in [0.717, 1.165) is 11.5 Å². The van der Waals surface area contributed by atoms with Gasteiger partial charge in [0.2, 0.25) is 0 Å². The number of halogens is 2. The number of benzene rings is 1. The van der Waals surface area contributed by atoms with E-state index in [-0.39, 0.29) is 26.8 Å². The predicted octanol–water partition coefficient (Wildman–Crippen LogP) is 2.28. The van der Waals surface area contributed by atoms with Crippen LogP contribution in [0.2, 0.25) is 5.02 Å². The summed E-state index contributed by atoms with van der Waals surface area (Å²) in [7, 11) is 0. The molecule has 0 aliphatic carbocycles. The van der Waals surface area contributed by atoms with Gasteiger partial charge in [-0.05, 0) is 23.7 Å². The third kappa shape index (κ3) is 1.96. The number of hydrogen-bond donors (Lipinski definition) is 2. The first-order valence-corrected chi connectivity index (χ1v) is 5.67. The van der Waals surface area contributed by atoms with Gasteiger partial charge < -0.3 is 11.5 Å². The molecule has 4 nitrogen and oxygen atoms in total. The molecule has 0 unspecified atom stereocenters. The predicted molar refractivity (Wildman–Crippen MR) is 65.4 cm³/mol. The SMILES string of the molecule is NC(=O)c1snc(-c2cccc(Cl)c2F)c1N. The molecule has 0 saturated heterocycles. The minimum atomic E-state index is -0.686. The Labute approximate surface area is 105 Å². The lowest BCUT2D eigenvalue weighted by Gasteiger charge is -2.02. The summed E-state index contributed by atoms with van der Waals surface area (Å²) < 4.78 is 17.7. The van der Waals surface area contributed by atoms with Crippen molar-refractivity contribution in [1.29, 1.82) is 0 Å². The quantitative estimate of drug-likeness (QED) is 0.879. The highest BCUT2D eigenvalue weighted by atomic mass is 35.5. The molecular formula is C10H7ClFN3OS. The number of aromatic nitrogens is 1. The van der Waals surface area contributed by atoms with Crippen LogP contribution in [0.3, 0.4) is 0 Å². The molecule has 0 spiro atoms. The van der Waals surface area contributed by atoms with Crippen LogP contribution in [0.5, 0.6) is 0 Å². The first-order chi connectivity index (χ1) is 8.02. The third-order valence-corrected chi connectivity index (χ3v) is 3.33. The van der Waals surface area contributed by atoms with E-state index in [1.165, 1.54) is 12.1 Å². The summed E-state index contributed by atoms with van der Waals surface area (Å²) in [5.41, 5.74) is 11.2. The first kappa shape index (κ1) is 11.8. The van der Waals surface area contributed by atoms with Crippen LogP contribution in [0.4, 0.5) is 10.1 Å². The van der Waals surface area contributed by atoms with Crippen LogP contribution in [0.25, 0.3) is 11.3 Å². The number of anilines is 1. The van der Waals surface area contributed by atoms with Crippen LogP contribution in [0.15, 0.2) is 18.2 Å². The third-order valence-electron chi connectivity index (χ3n) is 2.16. The fourth-order valence-electron chi connectivity index (χ4n) is 1.36. The molecule has 4 N–H and O–H groups in total. The molecule has 7 heteroatoms. The van der Waals surface area contributed by atoms with Crippen LogP contribution in [0, 0.1) is 5.82 Å². The lowest BCUT2D eigenvalue weighted by Crippen LogP contribution is -2.11. The number of nitrogens with two attached hydrogens (primary N) is 2. The van der Waals surface area contributed by atoms with Gasteiger partial charge in [0, 0.05) is 5.56 Å². The maximum Gasteiger partial charge on any atom is 0.262 e. The van der Waals surface area contributed by atoms with Gasteiger partial charge in [0.1, 0.15) is 10.6 Å². The van der Waals surface area contributed by atoms with Crippen LogP contribution in [-0.2, 0) is 0 Å². The van der Waals surface area contributed by atoms with E-state index in [0.29, 0.717) is 0 Å². The number of hydrogen-bond acceptors (Lipinski definition) is 4. The smallest absolute Gasteiger partial charge is 0.262 e. The van der Waals surface area contributed by atoms with E-state index >= 15 is 0 Å². The molecule has 2 rings (SSSR count). The lowest BCUT2D eigenvalue weighted by atomic mass is 10.1. The number of amides is 1. The van der Waals surface area contributed by atoms with Gasteiger partial charge in [-0.15, -0.1) is 0 Å². The Kier molecular flexibility index (Phi) is 2.99. The van der Waals surface area contributed by atoms with Gasteiger partial charge in [-0.1, -0.05) is 17.7 Å². The minimum absolute atomic E-state index is 0.0319. The molecule has 0 aliphatic rings. The van der Waals surface area contributed by atoms with E-state index in [1.807, 2.05) is 0 Å². The Balaban J connectivity index is 2.62. The first-order valence-electron chi connectivity index (χ1n) is 4.51. The van der Waals surface area contributed by atoms with Crippen molar-refractivity contribution in [3.05, 3.63) is 33.9 Å². The van der Waals surface area contributed by atoms with Crippen molar-refractivity contribution in [3.8, 4) is 11.3 Å². The fraction of sp³-hybridized carbons (Fsp3) is 0. The zero-order chi connectivity index (χ0) is 12.6. The zero-order valence-electron chi connectivity index (χ0n) is 8.41. The molecule has 0 radical (unpaired) electrons. The Morgan fingerprint density at radius 3 is 2.76 bits per heavy atom. The summed E-state index contributed by atoms with van der Waals surface area (Å²) in [4.78, 5) is 11.1. The second-order valence-corrected chi connectivity index (χ2v) is 4.42. The van der Waals surface area contributed by atoms with E-state index in [2.05, 4.69) is 4.37 Å². The average molecular weight is 272 g/mol. The second kappa shape index (κ2) is 4.31. The van der Waals surface area contributed by atoms with Crippen molar-refractivity contribution in [2.24, 2.45) is 5.73 Å². The van der Waals surface area contributed by atoms with Crippen molar-refractivity contribution in [2.45, 2.75) is 0 Å². The number of carbonyl (C=O) groups excluding carboxylic acids is 1. The van der Waals surface area contributed by atoms with Gasteiger partial charge in [-0.25, -0.2) is 4.39 Å². The standard InChI is InChI=1S/C10H7ClFN3OS/c11-5-3-1-2-4(6(5)12)8-7(13)9(10(14)16)17-15-8/h1-3H,13H2,(H2,14,16). The largest absolute Gasteiger partial charge is 0.396 e. The normalized spacial score (nSPS) is 10.5. The zero-order valence-corrected chi connectivity index (χ0v) is 9.98. The van der Waals surface area contributed by atoms with Crippen LogP contribution in [0.1, 0.15) is 9.67 Å². The van der Waals surface area contributed by atoms with Crippen molar-refractivity contribution in [3.63, 3.8) is 0 Å². The monoisotopic (exact) mass is 271 g/mol. The molecule has 0 saturated carbocycles. The average Bonchev–Trinajstić information content (AvgIpc) is 2.64. The Morgan fingerprint density at radius 1 is 1.47 bits per heavy atom. The summed E-state index contributed by atoms with van der Waals surface area (Å²) >= 11 is 6.49. The van der Waals surface area contributed by atoms with Gasteiger partial charge in [0.05, 0.1) is 10.7 Å². The van der Waals surface area contributed by atoms with Gasteiger partial charge >= 0.3 is 0 Å². The molecule has 1 heterocycles. The van der Waals surface area contributed by atoms with Crippen molar-refractivity contribution in [2.75, 3.05) is 5.73 Å². The van der Waals surface area contributed by atoms with Crippen LogP contribution < -0.4 is 11.5 Å². The fourth-order valence-corrected chi connectivity index (χ4v) is 2.19. The molecule has 1 aromatic heterocycles. The molecule has 0 fully saturated rings. The molecule has 17 heavy (non-hydrogen) atoms. The summed E-state index contributed by atoms with van der Waals surface area (Å²) in [5.74, 6) is -1.31. The highest BCUT2D eigenvalue weighted by Gasteiger charge is 2.19. The number of rotatable bonds is 2. The van der Waals surface area contributed by atoms with E-state index in [9.17, 15) is 9.18 Å². The Morgan fingerprint density at radius 2 is 2.18 bits per heavy atom. The topological polar surface area (TPSA) is 82.0 Å². The summed E-state index contributed by atoms with van der Waals surface area (Å²) in [5, 5.41) is -0.0319. The van der Waals surface area contributed by atoms with Gasteiger partial charge in [-0.3, -0.25) is 4.79 Å². The Hall–Kier alpha value is -1.66. The second-order valence-electron chi connectivity index (χ2n) is 3.24. The summed E-state index contributed by atoms with van der Waals surface area (Å²) in [6.45, 7) is 0. The van der Waals surface area contributed by atoms with E-state index in [4.69, 9.17) is 23.1 Å². The van der Waals surface area contributed by atoms with E-state index in [1.54, 1.807) is 6.07 Å². The molecule has 0 atom stereocenters. The minimum Gasteiger partial charge on any atom is -0.396 e. The van der Waals surface area contributed by atoms with Crippen molar-refractivity contribution in [1.82, 2.24) is 4.37 Å². The maximum atomic E-state index is 13.7. The van der Waals surface area contributed by atoms with Crippen LogP contribution >= 0.6 is 23.1 Å². The molecular weight excluding hydrogens is 265 g/mol. The molecule has 2 aromatic rings. The van der Waals surface area contributed by atoms with Crippen molar-refractivity contribution < 1.29 is 9.18 Å². The van der Waals surface area contributed by atoms with Gasteiger partial charge in [0.25, 0.3) is 5.91 Å². The molecule has 1 aromatic carbocycles. The van der Waals surface area contributed by atoms with Crippen molar-refractivity contribution >= 4 is 34.7 Å². The van der Waals surface area contributed by atoms with Gasteiger partial charge in [0.15, 0.2) is 5.82 Å². The highest BCUT2D eigenvalue weighted by Crippen LogP contribution is 2.34. The highest BCUT2D eigenvalue weighted by molar-refractivity contribution is 7.09. The number of nitrogen functional groups attached to an aromatic ring is 1. The van der Waals surface area contributed by atoms with E-state index < -0.39 is 11.7 Å². The Bertz CT molecular complexity index is 599. The molecule has 0 aliphatic heterocycles. The molecule has 0 bridgehead atoms. The number of carbonyl (C=O) groups is 1. The summed E-state index contributed by atoms with van der Waals surface area (Å²) in [6.07, 6.45) is 0. The maximum absolute atomic E-state index is 13.7. The molecule has 1 amide bonds. The molecule has 88 valence electrons. The number of primary amides is 1. The summed E-state index contributed by atoms with van der Waals surface area (Å²) in [6, 6.07) is 4.47. The van der Waals surface area contributed by atoms with Gasteiger partial charge in [-0.2, -0.15) is 4.37 Å². The van der Waals surface area contributed by atoms with Crippen LogP contribution in [-0.4, -0.2) is 10.3 Å². The lowest BCUT2D eigenvalue weighted by molar-refractivity contribution is 0.100.